The molecule has 5 nitrogen and oxygen atoms in total. The standard InChI is InChI=1S/C20H27N3O2S/c1-3-20-22-15(2)18(26-20)12-21-19(24)11-17-14-23(9-10-25-17)13-16-7-5-4-6-8-16/h4-8,17H,3,9-14H2,1-2H3,(H,21,24). The Bertz CT molecular complexity index is 717. The summed E-state index contributed by atoms with van der Waals surface area (Å²) in [5.74, 6) is 0.0439. The molecule has 3 rings (SSSR count). The van der Waals surface area contributed by atoms with Crippen LogP contribution in [-0.2, 0) is 29.0 Å². The van der Waals surface area contributed by atoms with E-state index >= 15 is 0 Å². The molecule has 1 aliphatic rings. The van der Waals surface area contributed by atoms with E-state index in [1.807, 2.05) is 13.0 Å². The predicted octanol–water partition coefficient (Wildman–Crippen LogP) is 2.92. The molecule has 2 heterocycles. The highest BCUT2D eigenvalue weighted by atomic mass is 32.1. The van der Waals surface area contributed by atoms with E-state index in [4.69, 9.17) is 4.74 Å². The maximum absolute atomic E-state index is 12.3. The van der Waals surface area contributed by atoms with Gasteiger partial charge in [0.15, 0.2) is 0 Å². The van der Waals surface area contributed by atoms with Gasteiger partial charge in [0, 0.05) is 24.5 Å². The molecule has 1 N–H and O–H groups in total. The first kappa shape index (κ1) is 19.0. The van der Waals surface area contributed by atoms with E-state index in [-0.39, 0.29) is 12.0 Å². The molecule has 0 radical (unpaired) electrons. The van der Waals surface area contributed by atoms with Crippen LogP contribution >= 0.6 is 11.3 Å². The number of hydrogen-bond acceptors (Lipinski definition) is 5. The van der Waals surface area contributed by atoms with Crippen LogP contribution in [0.1, 0.15) is 34.5 Å². The summed E-state index contributed by atoms with van der Waals surface area (Å²) < 4.78 is 5.80. The van der Waals surface area contributed by atoms with Crippen molar-refractivity contribution in [1.82, 2.24) is 15.2 Å². The molecule has 0 spiro atoms. The Morgan fingerprint density at radius 2 is 2.19 bits per heavy atom. The van der Waals surface area contributed by atoms with Crippen LogP contribution in [0, 0.1) is 6.92 Å². The number of amides is 1. The molecule has 0 saturated carbocycles. The van der Waals surface area contributed by atoms with E-state index < -0.39 is 0 Å². The fourth-order valence-corrected chi connectivity index (χ4v) is 4.10. The number of thiazole rings is 1. The SMILES string of the molecule is CCc1nc(C)c(CNC(=O)CC2CN(Cc3ccccc3)CCO2)s1. The van der Waals surface area contributed by atoms with Crippen molar-refractivity contribution in [2.24, 2.45) is 0 Å². The molecule has 1 fully saturated rings. The lowest BCUT2D eigenvalue weighted by molar-refractivity contribution is -0.126. The molecule has 140 valence electrons. The van der Waals surface area contributed by atoms with Crippen LogP contribution in [0.3, 0.4) is 0 Å². The van der Waals surface area contributed by atoms with Gasteiger partial charge in [0.05, 0.1) is 36.4 Å². The zero-order valence-electron chi connectivity index (χ0n) is 15.5. The van der Waals surface area contributed by atoms with Crippen molar-refractivity contribution in [3.63, 3.8) is 0 Å². The second-order valence-corrected chi connectivity index (χ2v) is 7.83. The second kappa shape index (κ2) is 9.26. The van der Waals surface area contributed by atoms with Crippen LogP contribution in [0.4, 0.5) is 0 Å². The van der Waals surface area contributed by atoms with Gasteiger partial charge in [0.2, 0.25) is 5.91 Å². The Kier molecular flexibility index (Phi) is 6.77. The van der Waals surface area contributed by atoms with Crippen molar-refractivity contribution in [2.45, 2.75) is 45.9 Å². The van der Waals surface area contributed by atoms with E-state index in [1.165, 1.54) is 5.56 Å². The van der Waals surface area contributed by atoms with Gasteiger partial charge < -0.3 is 10.1 Å². The molecule has 1 aromatic heterocycles. The summed E-state index contributed by atoms with van der Waals surface area (Å²) >= 11 is 1.68. The molecule has 1 saturated heterocycles. The van der Waals surface area contributed by atoms with Crippen molar-refractivity contribution in [3.8, 4) is 0 Å². The van der Waals surface area contributed by atoms with Crippen molar-refractivity contribution >= 4 is 17.2 Å². The van der Waals surface area contributed by atoms with Gasteiger partial charge in [0.1, 0.15) is 0 Å². The van der Waals surface area contributed by atoms with E-state index in [2.05, 4.69) is 46.4 Å². The number of hydrogen-bond donors (Lipinski definition) is 1. The number of carbonyl (C=O) groups is 1. The van der Waals surface area contributed by atoms with E-state index in [1.54, 1.807) is 11.3 Å². The Labute approximate surface area is 159 Å². The van der Waals surface area contributed by atoms with Gasteiger partial charge in [0.25, 0.3) is 0 Å². The lowest BCUT2D eigenvalue weighted by Crippen LogP contribution is -2.44. The molecule has 1 atom stereocenters. The minimum absolute atomic E-state index is 0.0405. The summed E-state index contributed by atoms with van der Waals surface area (Å²) in [7, 11) is 0. The number of morpholine rings is 1. The number of ether oxygens (including phenoxy) is 1. The summed E-state index contributed by atoms with van der Waals surface area (Å²) in [6.45, 7) is 7.95. The van der Waals surface area contributed by atoms with Gasteiger partial charge >= 0.3 is 0 Å². The number of aryl methyl sites for hydroxylation is 2. The fraction of sp³-hybridized carbons (Fsp3) is 0.500. The maximum atomic E-state index is 12.3. The highest BCUT2D eigenvalue weighted by Gasteiger charge is 2.23. The van der Waals surface area contributed by atoms with Gasteiger partial charge in [-0.2, -0.15) is 0 Å². The Balaban J connectivity index is 1.45. The number of nitrogens with zero attached hydrogens (tertiary/aromatic N) is 2. The first-order valence-electron chi connectivity index (χ1n) is 9.23. The van der Waals surface area contributed by atoms with Gasteiger partial charge in [-0.05, 0) is 18.9 Å². The van der Waals surface area contributed by atoms with E-state index in [9.17, 15) is 4.79 Å². The summed E-state index contributed by atoms with van der Waals surface area (Å²) in [6, 6.07) is 10.4. The van der Waals surface area contributed by atoms with Crippen molar-refractivity contribution in [2.75, 3.05) is 19.7 Å². The smallest absolute Gasteiger partial charge is 0.222 e. The number of nitrogens with one attached hydrogen (secondary N) is 1. The molecule has 0 bridgehead atoms. The topological polar surface area (TPSA) is 54.5 Å². The summed E-state index contributed by atoms with van der Waals surface area (Å²) in [5, 5.41) is 4.15. The summed E-state index contributed by atoms with van der Waals surface area (Å²) in [4.78, 5) is 20.3. The second-order valence-electron chi connectivity index (χ2n) is 6.66. The lowest BCUT2D eigenvalue weighted by atomic mass is 10.1. The van der Waals surface area contributed by atoms with Crippen LogP contribution in [0.15, 0.2) is 30.3 Å². The fourth-order valence-electron chi connectivity index (χ4n) is 3.15. The van der Waals surface area contributed by atoms with Crippen LogP contribution < -0.4 is 5.32 Å². The van der Waals surface area contributed by atoms with Gasteiger partial charge in [-0.1, -0.05) is 37.3 Å². The lowest BCUT2D eigenvalue weighted by Gasteiger charge is -2.32. The minimum Gasteiger partial charge on any atom is -0.375 e. The zero-order chi connectivity index (χ0) is 18.4. The summed E-state index contributed by atoms with van der Waals surface area (Å²) in [6.07, 6.45) is 1.30. The molecule has 1 unspecified atom stereocenters. The largest absolute Gasteiger partial charge is 0.375 e. The van der Waals surface area contributed by atoms with Crippen LogP contribution in [0.25, 0.3) is 0 Å². The first-order chi connectivity index (χ1) is 12.6. The van der Waals surface area contributed by atoms with Crippen molar-refractivity contribution in [1.29, 1.82) is 0 Å². The van der Waals surface area contributed by atoms with Crippen LogP contribution in [0.2, 0.25) is 0 Å². The number of carbonyl (C=O) groups excluding carboxylic acids is 1. The third-order valence-corrected chi connectivity index (χ3v) is 5.87. The quantitative estimate of drug-likeness (QED) is 0.811. The number of aromatic nitrogens is 1. The predicted molar refractivity (Wildman–Crippen MR) is 104 cm³/mol. The molecule has 26 heavy (non-hydrogen) atoms. The first-order valence-corrected chi connectivity index (χ1v) is 10.1. The third kappa shape index (κ3) is 5.37. The van der Waals surface area contributed by atoms with E-state index in [0.717, 1.165) is 41.6 Å². The number of rotatable bonds is 7. The zero-order valence-corrected chi connectivity index (χ0v) is 16.3. The monoisotopic (exact) mass is 373 g/mol. The Morgan fingerprint density at radius 3 is 2.92 bits per heavy atom. The normalized spacial score (nSPS) is 18.0. The van der Waals surface area contributed by atoms with Crippen LogP contribution in [-0.4, -0.2) is 41.6 Å². The van der Waals surface area contributed by atoms with Crippen molar-refractivity contribution in [3.05, 3.63) is 51.5 Å². The molecular weight excluding hydrogens is 346 g/mol. The third-order valence-electron chi connectivity index (χ3n) is 4.57. The Morgan fingerprint density at radius 1 is 1.38 bits per heavy atom. The van der Waals surface area contributed by atoms with E-state index in [0.29, 0.717) is 19.6 Å². The molecular formula is C20H27N3O2S. The minimum atomic E-state index is -0.0405. The molecule has 1 amide bonds. The highest BCUT2D eigenvalue weighted by Crippen LogP contribution is 2.18. The van der Waals surface area contributed by atoms with Gasteiger partial charge in [-0.3, -0.25) is 9.69 Å². The average Bonchev–Trinajstić information content (AvgIpc) is 3.01. The number of benzene rings is 1. The molecule has 0 aliphatic carbocycles. The molecule has 1 aliphatic heterocycles. The molecule has 2 aromatic rings. The van der Waals surface area contributed by atoms with Gasteiger partial charge in [-0.25, -0.2) is 4.98 Å². The van der Waals surface area contributed by atoms with Crippen molar-refractivity contribution < 1.29 is 9.53 Å². The highest BCUT2D eigenvalue weighted by molar-refractivity contribution is 7.11. The Hall–Kier alpha value is -1.76. The van der Waals surface area contributed by atoms with Gasteiger partial charge in [-0.15, -0.1) is 11.3 Å². The van der Waals surface area contributed by atoms with Crippen LogP contribution in [0.5, 0.6) is 0 Å². The maximum Gasteiger partial charge on any atom is 0.222 e. The molecule has 6 heteroatoms. The summed E-state index contributed by atoms with van der Waals surface area (Å²) in [5.41, 5.74) is 2.32. The molecule has 1 aromatic carbocycles. The average molecular weight is 374 g/mol.